The monoisotopic (exact) mass is 172 g/mol. The maximum Gasteiger partial charge on any atom is 0.373 e. The molecule has 0 spiro atoms. The molecule has 12 heavy (non-hydrogen) atoms. The topological polar surface area (TPSA) is 35.5 Å². The molecule has 0 amide bonds. The zero-order valence-corrected chi connectivity index (χ0v) is 8.30. The SMILES string of the molecule is C/C=C(\OC)C(=O)OC(C)(C)C. The molecule has 0 aliphatic carbocycles. The van der Waals surface area contributed by atoms with Crippen molar-refractivity contribution in [3.8, 4) is 0 Å². The van der Waals surface area contributed by atoms with Crippen molar-refractivity contribution in [3.05, 3.63) is 11.8 Å². The summed E-state index contributed by atoms with van der Waals surface area (Å²) in [5.74, 6) is -0.183. The summed E-state index contributed by atoms with van der Waals surface area (Å²) >= 11 is 0. The van der Waals surface area contributed by atoms with Crippen LogP contribution in [0.4, 0.5) is 0 Å². The summed E-state index contributed by atoms with van der Waals surface area (Å²) in [5.41, 5.74) is -0.468. The molecule has 0 heterocycles. The summed E-state index contributed by atoms with van der Waals surface area (Å²) in [4.78, 5) is 11.2. The van der Waals surface area contributed by atoms with E-state index in [1.165, 1.54) is 7.11 Å². The van der Waals surface area contributed by atoms with Crippen LogP contribution in [0.2, 0.25) is 0 Å². The Morgan fingerprint density at radius 3 is 2.08 bits per heavy atom. The number of carbonyl (C=O) groups excluding carboxylic acids is 1. The van der Waals surface area contributed by atoms with Crippen LogP contribution in [0, 0.1) is 0 Å². The van der Waals surface area contributed by atoms with Crippen LogP contribution >= 0.6 is 0 Å². The molecule has 0 radical (unpaired) electrons. The number of rotatable bonds is 2. The number of hydrogen-bond donors (Lipinski definition) is 0. The molecule has 0 saturated carbocycles. The predicted molar refractivity (Wildman–Crippen MR) is 46.6 cm³/mol. The first-order chi connectivity index (χ1) is 5.40. The van der Waals surface area contributed by atoms with Gasteiger partial charge >= 0.3 is 5.97 Å². The van der Waals surface area contributed by atoms with Crippen LogP contribution in [0.5, 0.6) is 0 Å². The van der Waals surface area contributed by atoms with Gasteiger partial charge in [0.25, 0.3) is 0 Å². The minimum absolute atomic E-state index is 0.241. The predicted octanol–water partition coefficient (Wildman–Crippen LogP) is 1.88. The van der Waals surface area contributed by atoms with Gasteiger partial charge in [-0.3, -0.25) is 0 Å². The maximum absolute atomic E-state index is 11.2. The van der Waals surface area contributed by atoms with E-state index in [0.29, 0.717) is 0 Å². The number of hydrogen-bond acceptors (Lipinski definition) is 3. The van der Waals surface area contributed by atoms with E-state index in [2.05, 4.69) is 0 Å². The van der Waals surface area contributed by atoms with Crippen molar-refractivity contribution in [2.45, 2.75) is 33.3 Å². The lowest BCUT2D eigenvalue weighted by atomic mass is 10.2. The Kier molecular flexibility index (Phi) is 3.80. The number of carbonyl (C=O) groups is 1. The maximum atomic E-state index is 11.2. The highest BCUT2D eigenvalue weighted by Gasteiger charge is 2.19. The minimum Gasteiger partial charge on any atom is -0.490 e. The van der Waals surface area contributed by atoms with Crippen molar-refractivity contribution in [1.29, 1.82) is 0 Å². The van der Waals surface area contributed by atoms with Crippen molar-refractivity contribution < 1.29 is 14.3 Å². The number of methoxy groups -OCH3 is 1. The standard InChI is InChI=1S/C9H16O3/c1-6-7(11-5)8(10)12-9(2,3)4/h6H,1-5H3/b7-6-. The first-order valence-electron chi connectivity index (χ1n) is 3.84. The molecular formula is C9H16O3. The molecule has 0 atom stereocenters. The van der Waals surface area contributed by atoms with Gasteiger partial charge in [0.2, 0.25) is 0 Å². The van der Waals surface area contributed by atoms with E-state index >= 15 is 0 Å². The van der Waals surface area contributed by atoms with E-state index in [-0.39, 0.29) is 5.76 Å². The van der Waals surface area contributed by atoms with Gasteiger partial charge in [-0.2, -0.15) is 0 Å². The average Bonchev–Trinajstić information content (AvgIpc) is 1.85. The molecule has 0 aromatic carbocycles. The summed E-state index contributed by atoms with van der Waals surface area (Å²) in [6.45, 7) is 7.16. The van der Waals surface area contributed by atoms with Gasteiger partial charge in [-0.15, -0.1) is 0 Å². The second-order valence-electron chi connectivity index (χ2n) is 3.36. The molecule has 0 unspecified atom stereocenters. The molecular weight excluding hydrogens is 156 g/mol. The quantitative estimate of drug-likeness (QED) is 0.362. The van der Waals surface area contributed by atoms with Gasteiger partial charge < -0.3 is 9.47 Å². The van der Waals surface area contributed by atoms with Gasteiger partial charge in [-0.25, -0.2) is 4.79 Å². The van der Waals surface area contributed by atoms with Gasteiger partial charge in [0.1, 0.15) is 5.60 Å². The third kappa shape index (κ3) is 4.01. The summed E-state index contributed by atoms with van der Waals surface area (Å²) in [6, 6.07) is 0. The van der Waals surface area contributed by atoms with Crippen molar-refractivity contribution in [1.82, 2.24) is 0 Å². The number of ether oxygens (including phenoxy) is 2. The molecule has 0 fully saturated rings. The van der Waals surface area contributed by atoms with Gasteiger partial charge in [0, 0.05) is 0 Å². The second kappa shape index (κ2) is 4.14. The number of esters is 1. The van der Waals surface area contributed by atoms with Crippen molar-refractivity contribution in [2.75, 3.05) is 7.11 Å². The summed E-state index contributed by atoms with van der Waals surface area (Å²) in [7, 11) is 1.44. The Morgan fingerprint density at radius 2 is 1.83 bits per heavy atom. The zero-order chi connectivity index (χ0) is 9.78. The molecule has 70 valence electrons. The fraction of sp³-hybridized carbons (Fsp3) is 0.667. The lowest BCUT2D eigenvalue weighted by Crippen LogP contribution is -2.25. The molecule has 0 bridgehead atoms. The molecule has 0 aromatic heterocycles. The molecule has 0 N–H and O–H groups in total. The van der Waals surface area contributed by atoms with Crippen LogP contribution in [-0.2, 0) is 14.3 Å². The lowest BCUT2D eigenvalue weighted by Gasteiger charge is -2.19. The van der Waals surface area contributed by atoms with Crippen LogP contribution in [0.3, 0.4) is 0 Å². The number of allylic oxidation sites excluding steroid dienone is 1. The molecule has 0 saturated heterocycles. The van der Waals surface area contributed by atoms with Crippen LogP contribution in [0.1, 0.15) is 27.7 Å². The van der Waals surface area contributed by atoms with E-state index < -0.39 is 11.6 Å². The Morgan fingerprint density at radius 1 is 1.33 bits per heavy atom. The smallest absolute Gasteiger partial charge is 0.373 e. The minimum atomic E-state index is -0.468. The highest BCUT2D eigenvalue weighted by atomic mass is 16.6. The molecule has 0 rings (SSSR count). The third-order valence-electron chi connectivity index (χ3n) is 1.08. The Labute approximate surface area is 73.4 Å². The summed E-state index contributed by atoms with van der Waals surface area (Å²) < 4.78 is 9.84. The van der Waals surface area contributed by atoms with Gasteiger partial charge in [0.15, 0.2) is 5.76 Å². The molecule has 0 aliphatic heterocycles. The first-order valence-corrected chi connectivity index (χ1v) is 3.84. The van der Waals surface area contributed by atoms with E-state index in [1.54, 1.807) is 13.0 Å². The van der Waals surface area contributed by atoms with Crippen LogP contribution < -0.4 is 0 Å². The Balaban J connectivity index is 4.23. The van der Waals surface area contributed by atoms with Crippen LogP contribution in [0.25, 0.3) is 0 Å². The van der Waals surface area contributed by atoms with Crippen molar-refractivity contribution in [2.24, 2.45) is 0 Å². The third-order valence-corrected chi connectivity index (χ3v) is 1.08. The molecule has 3 nitrogen and oxygen atoms in total. The highest BCUT2D eigenvalue weighted by Crippen LogP contribution is 2.10. The fourth-order valence-electron chi connectivity index (χ4n) is 0.647. The van der Waals surface area contributed by atoms with Gasteiger partial charge in [-0.1, -0.05) is 0 Å². The van der Waals surface area contributed by atoms with Crippen LogP contribution in [0.15, 0.2) is 11.8 Å². The molecule has 0 aliphatic rings. The normalized spacial score (nSPS) is 12.6. The average molecular weight is 172 g/mol. The fourth-order valence-corrected chi connectivity index (χ4v) is 0.647. The lowest BCUT2D eigenvalue weighted by molar-refractivity contribution is -0.153. The van der Waals surface area contributed by atoms with Gasteiger partial charge in [-0.05, 0) is 33.8 Å². The van der Waals surface area contributed by atoms with E-state index in [4.69, 9.17) is 9.47 Å². The Bertz CT molecular complexity index is 186. The zero-order valence-electron chi connectivity index (χ0n) is 8.30. The molecule has 3 heteroatoms. The summed E-state index contributed by atoms with van der Waals surface area (Å²) in [6.07, 6.45) is 1.58. The molecule has 0 aromatic rings. The second-order valence-corrected chi connectivity index (χ2v) is 3.36. The van der Waals surface area contributed by atoms with E-state index in [9.17, 15) is 4.79 Å². The van der Waals surface area contributed by atoms with Gasteiger partial charge in [0.05, 0.1) is 7.11 Å². The van der Waals surface area contributed by atoms with Crippen molar-refractivity contribution >= 4 is 5.97 Å². The van der Waals surface area contributed by atoms with E-state index in [0.717, 1.165) is 0 Å². The highest BCUT2D eigenvalue weighted by molar-refractivity contribution is 5.86. The van der Waals surface area contributed by atoms with E-state index in [1.807, 2.05) is 20.8 Å². The first kappa shape index (κ1) is 11.0. The van der Waals surface area contributed by atoms with Crippen LogP contribution in [-0.4, -0.2) is 18.7 Å². The summed E-state index contributed by atoms with van der Waals surface area (Å²) in [5, 5.41) is 0. The van der Waals surface area contributed by atoms with Crippen molar-refractivity contribution in [3.63, 3.8) is 0 Å². The Hall–Kier alpha value is -0.990. The largest absolute Gasteiger partial charge is 0.490 e.